The first-order valence-electron chi connectivity index (χ1n) is 8.18. The van der Waals surface area contributed by atoms with E-state index in [4.69, 9.17) is 15.2 Å². The number of amides is 1. The Morgan fingerprint density at radius 1 is 1.04 bits per heavy atom. The summed E-state index contributed by atoms with van der Waals surface area (Å²) in [6, 6.07) is 16.4. The lowest BCUT2D eigenvalue weighted by atomic mass is 10.0. The molecule has 0 unspecified atom stereocenters. The summed E-state index contributed by atoms with van der Waals surface area (Å²) >= 11 is 0. The van der Waals surface area contributed by atoms with Crippen LogP contribution in [0.25, 0.3) is 22.2 Å². The molecule has 1 heterocycles. The van der Waals surface area contributed by atoms with E-state index >= 15 is 0 Å². The van der Waals surface area contributed by atoms with Gasteiger partial charge in [-0.25, -0.2) is 9.78 Å². The number of primary amides is 1. The monoisotopic (exact) mass is 350 g/mol. The zero-order chi connectivity index (χ0) is 18.5. The summed E-state index contributed by atoms with van der Waals surface area (Å²) in [7, 11) is 0. The highest BCUT2D eigenvalue weighted by atomic mass is 16.6. The van der Waals surface area contributed by atoms with Gasteiger partial charge in [-0.3, -0.25) is 4.79 Å². The first-order chi connectivity index (χ1) is 12.6. The fourth-order valence-corrected chi connectivity index (χ4v) is 2.71. The molecule has 0 aliphatic rings. The number of hydrogen-bond donors (Lipinski definition) is 1. The summed E-state index contributed by atoms with van der Waals surface area (Å²) in [5.41, 5.74) is 7.63. The first kappa shape index (κ1) is 17.4. The molecule has 2 N–H and O–H groups in total. The number of carbonyl (C=O) groups is 2. The number of rotatable bonds is 6. The van der Waals surface area contributed by atoms with E-state index in [2.05, 4.69) is 4.98 Å². The molecule has 26 heavy (non-hydrogen) atoms. The molecule has 0 saturated carbocycles. The minimum Gasteiger partial charge on any atom is -0.479 e. The van der Waals surface area contributed by atoms with Gasteiger partial charge >= 0.3 is 5.97 Å². The third-order valence-corrected chi connectivity index (χ3v) is 3.78. The van der Waals surface area contributed by atoms with Crippen LogP contribution >= 0.6 is 0 Å². The average molecular weight is 350 g/mol. The van der Waals surface area contributed by atoms with Gasteiger partial charge in [0.1, 0.15) is 5.69 Å². The number of para-hydroxylation sites is 1. The second-order valence-electron chi connectivity index (χ2n) is 5.51. The molecule has 0 bridgehead atoms. The molecule has 6 heteroatoms. The molecule has 0 saturated heterocycles. The minimum atomic E-state index is -0.653. The van der Waals surface area contributed by atoms with Gasteiger partial charge < -0.3 is 15.2 Å². The largest absolute Gasteiger partial charge is 0.479 e. The van der Waals surface area contributed by atoms with Crippen molar-refractivity contribution in [3.8, 4) is 17.0 Å². The first-order valence-corrected chi connectivity index (χ1v) is 8.18. The molecule has 3 rings (SSSR count). The number of pyridine rings is 1. The van der Waals surface area contributed by atoms with Crippen molar-refractivity contribution < 1.29 is 19.1 Å². The van der Waals surface area contributed by atoms with Crippen molar-refractivity contribution in [1.29, 1.82) is 0 Å². The van der Waals surface area contributed by atoms with Crippen LogP contribution in [-0.4, -0.2) is 30.1 Å². The van der Waals surface area contributed by atoms with Crippen LogP contribution in [0.3, 0.4) is 0 Å². The molecule has 2 aromatic carbocycles. The van der Waals surface area contributed by atoms with Crippen molar-refractivity contribution in [2.45, 2.75) is 6.92 Å². The van der Waals surface area contributed by atoms with Crippen LogP contribution < -0.4 is 10.5 Å². The number of nitrogens with zero attached hydrogens (tertiary/aromatic N) is 1. The summed E-state index contributed by atoms with van der Waals surface area (Å²) in [6.07, 6.45) is 0. The average Bonchev–Trinajstić information content (AvgIpc) is 2.66. The molecular weight excluding hydrogens is 332 g/mol. The van der Waals surface area contributed by atoms with Crippen LogP contribution in [0.1, 0.15) is 17.3 Å². The molecule has 0 aliphatic heterocycles. The van der Waals surface area contributed by atoms with E-state index in [0.717, 1.165) is 5.56 Å². The SMILES string of the molecule is CCOC(=O)COc1c(-c2ccccc2)nc2ccccc2c1C(N)=O. The van der Waals surface area contributed by atoms with Crippen LogP contribution in [0.2, 0.25) is 0 Å². The van der Waals surface area contributed by atoms with Crippen molar-refractivity contribution in [2.75, 3.05) is 13.2 Å². The summed E-state index contributed by atoms with van der Waals surface area (Å²) in [5.74, 6) is -1.01. The maximum absolute atomic E-state index is 12.2. The van der Waals surface area contributed by atoms with Gasteiger partial charge in [0.05, 0.1) is 17.7 Å². The topological polar surface area (TPSA) is 91.5 Å². The number of fused-ring (bicyclic) bond motifs is 1. The van der Waals surface area contributed by atoms with Crippen molar-refractivity contribution in [1.82, 2.24) is 4.98 Å². The van der Waals surface area contributed by atoms with Crippen molar-refractivity contribution in [3.63, 3.8) is 0 Å². The molecular formula is C20H18N2O4. The van der Waals surface area contributed by atoms with Crippen LogP contribution in [-0.2, 0) is 9.53 Å². The molecule has 3 aromatic rings. The lowest BCUT2D eigenvalue weighted by Crippen LogP contribution is -2.19. The van der Waals surface area contributed by atoms with Gasteiger partial charge in [0, 0.05) is 10.9 Å². The Kier molecular flexibility index (Phi) is 5.12. The maximum atomic E-state index is 12.2. The normalized spacial score (nSPS) is 10.5. The summed E-state index contributed by atoms with van der Waals surface area (Å²) in [5, 5.41) is 0.568. The predicted octanol–water partition coefficient (Wildman–Crippen LogP) is 2.94. The third kappa shape index (κ3) is 3.49. The number of nitrogens with two attached hydrogens (primary N) is 1. The second-order valence-corrected chi connectivity index (χ2v) is 5.51. The fourth-order valence-electron chi connectivity index (χ4n) is 2.71. The van der Waals surface area contributed by atoms with Gasteiger partial charge in [-0.2, -0.15) is 0 Å². The van der Waals surface area contributed by atoms with Gasteiger partial charge in [0.2, 0.25) is 0 Å². The molecule has 6 nitrogen and oxygen atoms in total. The van der Waals surface area contributed by atoms with E-state index in [-0.39, 0.29) is 24.5 Å². The number of aromatic nitrogens is 1. The van der Waals surface area contributed by atoms with E-state index in [0.29, 0.717) is 16.6 Å². The van der Waals surface area contributed by atoms with Gasteiger partial charge in [0.15, 0.2) is 12.4 Å². The second kappa shape index (κ2) is 7.65. The maximum Gasteiger partial charge on any atom is 0.344 e. The number of esters is 1. The molecule has 0 atom stereocenters. The Bertz CT molecular complexity index is 955. The summed E-state index contributed by atoms with van der Waals surface area (Å²) in [4.78, 5) is 28.5. The van der Waals surface area contributed by atoms with Crippen molar-refractivity contribution in [2.24, 2.45) is 5.73 Å². The summed E-state index contributed by atoms with van der Waals surface area (Å²) in [6.45, 7) is 1.61. The zero-order valence-corrected chi connectivity index (χ0v) is 14.3. The third-order valence-electron chi connectivity index (χ3n) is 3.78. The van der Waals surface area contributed by atoms with E-state index in [1.807, 2.05) is 36.4 Å². The Balaban J connectivity index is 2.21. The Labute approximate surface area is 150 Å². The zero-order valence-electron chi connectivity index (χ0n) is 14.3. The van der Waals surface area contributed by atoms with Crippen LogP contribution in [0, 0.1) is 0 Å². The molecule has 132 valence electrons. The van der Waals surface area contributed by atoms with E-state index in [1.54, 1.807) is 25.1 Å². The number of benzene rings is 2. The molecule has 0 fully saturated rings. The van der Waals surface area contributed by atoms with Gasteiger partial charge in [-0.15, -0.1) is 0 Å². The highest BCUT2D eigenvalue weighted by molar-refractivity contribution is 6.09. The van der Waals surface area contributed by atoms with E-state index in [9.17, 15) is 9.59 Å². The molecule has 0 radical (unpaired) electrons. The van der Waals surface area contributed by atoms with Crippen LogP contribution in [0.4, 0.5) is 0 Å². The van der Waals surface area contributed by atoms with E-state index < -0.39 is 11.9 Å². The Hall–Kier alpha value is -3.41. The molecule has 1 aromatic heterocycles. The van der Waals surface area contributed by atoms with Gasteiger partial charge in [0.25, 0.3) is 5.91 Å². The van der Waals surface area contributed by atoms with Crippen molar-refractivity contribution in [3.05, 3.63) is 60.2 Å². The molecule has 1 amide bonds. The van der Waals surface area contributed by atoms with Crippen molar-refractivity contribution >= 4 is 22.8 Å². The summed E-state index contributed by atoms with van der Waals surface area (Å²) < 4.78 is 10.6. The van der Waals surface area contributed by atoms with E-state index in [1.165, 1.54) is 0 Å². The minimum absolute atomic E-state index is 0.176. The number of carbonyl (C=O) groups excluding carboxylic acids is 2. The highest BCUT2D eigenvalue weighted by Crippen LogP contribution is 2.36. The molecule has 0 spiro atoms. The standard InChI is InChI=1S/C20H18N2O4/c1-2-25-16(23)12-26-19-17(20(21)24)14-10-6-7-11-15(14)22-18(19)13-8-4-3-5-9-13/h3-11H,2,12H2,1H3,(H2,21,24). The number of hydrogen-bond acceptors (Lipinski definition) is 5. The lowest BCUT2D eigenvalue weighted by molar-refractivity contribution is -0.145. The van der Waals surface area contributed by atoms with Crippen LogP contribution in [0.15, 0.2) is 54.6 Å². The Morgan fingerprint density at radius 3 is 2.42 bits per heavy atom. The lowest BCUT2D eigenvalue weighted by Gasteiger charge is -2.16. The molecule has 0 aliphatic carbocycles. The van der Waals surface area contributed by atoms with Gasteiger partial charge in [-0.1, -0.05) is 48.5 Å². The highest BCUT2D eigenvalue weighted by Gasteiger charge is 2.22. The Morgan fingerprint density at radius 2 is 1.73 bits per heavy atom. The number of ether oxygens (including phenoxy) is 2. The van der Waals surface area contributed by atoms with Gasteiger partial charge in [-0.05, 0) is 13.0 Å². The van der Waals surface area contributed by atoms with Crippen LogP contribution in [0.5, 0.6) is 5.75 Å². The fraction of sp³-hybridized carbons (Fsp3) is 0.150. The predicted molar refractivity (Wildman–Crippen MR) is 97.8 cm³/mol. The smallest absolute Gasteiger partial charge is 0.344 e. The quantitative estimate of drug-likeness (QED) is 0.690.